The number of hydrogen-bond acceptors (Lipinski definition) is 5. The molecule has 1 aromatic rings. The fourth-order valence-corrected chi connectivity index (χ4v) is 2.77. The molecule has 1 saturated heterocycles. The SMILES string of the molecule is O=C(O)CC1(NC(=O)c2ccnc(OC3CCC3)c2)CCOC1. The van der Waals surface area contributed by atoms with Crippen LogP contribution < -0.4 is 10.1 Å². The molecule has 1 atom stereocenters. The molecule has 2 N–H and O–H groups in total. The Morgan fingerprint density at radius 2 is 2.30 bits per heavy atom. The number of nitrogens with one attached hydrogen (secondary N) is 1. The fourth-order valence-electron chi connectivity index (χ4n) is 2.77. The lowest BCUT2D eigenvalue weighted by Gasteiger charge is -2.27. The van der Waals surface area contributed by atoms with Crippen LogP contribution >= 0.6 is 0 Å². The van der Waals surface area contributed by atoms with Gasteiger partial charge in [-0.15, -0.1) is 0 Å². The first-order chi connectivity index (χ1) is 11.1. The largest absolute Gasteiger partial charge is 0.481 e. The van der Waals surface area contributed by atoms with Gasteiger partial charge in [0.1, 0.15) is 6.10 Å². The molecule has 1 aliphatic heterocycles. The number of pyridine rings is 1. The van der Waals surface area contributed by atoms with Crippen molar-refractivity contribution in [1.29, 1.82) is 0 Å². The van der Waals surface area contributed by atoms with E-state index < -0.39 is 11.5 Å². The number of carbonyl (C=O) groups excluding carboxylic acids is 1. The van der Waals surface area contributed by atoms with Gasteiger partial charge in [-0.25, -0.2) is 4.98 Å². The molecule has 1 saturated carbocycles. The van der Waals surface area contributed by atoms with Crippen molar-refractivity contribution < 1.29 is 24.2 Å². The zero-order chi connectivity index (χ0) is 16.3. The van der Waals surface area contributed by atoms with Gasteiger partial charge in [0, 0.05) is 24.4 Å². The van der Waals surface area contributed by atoms with Gasteiger partial charge in [0.2, 0.25) is 5.88 Å². The number of amides is 1. The van der Waals surface area contributed by atoms with Gasteiger partial charge < -0.3 is 19.9 Å². The molecule has 2 aliphatic rings. The third kappa shape index (κ3) is 3.79. The van der Waals surface area contributed by atoms with Gasteiger partial charge in [0.15, 0.2) is 0 Å². The number of carboxylic acid groups (broad SMARTS) is 1. The minimum atomic E-state index is -0.959. The molecule has 2 fully saturated rings. The van der Waals surface area contributed by atoms with Crippen LogP contribution in [0.5, 0.6) is 5.88 Å². The van der Waals surface area contributed by atoms with Gasteiger partial charge in [0.05, 0.1) is 18.6 Å². The van der Waals surface area contributed by atoms with Gasteiger partial charge in [-0.3, -0.25) is 9.59 Å². The van der Waals surface area contributed by atoms with E-state index in [-0.39, 0.29) is 25.0 Å². The summed E-state index contributed by atoms with van der Waals surface area (Å²) in [5, 5.41) is 11.9. The molecule has 1 unspecified atom stereocenters. The Hall–Kier alpha value is -2.15. The number of nitrogens with zero attached hydrogens (tertiary/aromatic N) is 1. The van der Waals surface area contributed by atoms with Crippen molar-refractivity contribution in [3.05, 3.63) is 23.9 Å². The number of rotatable bonds is 6. The highest BCUT2D eigenvalue weighted by Gasteiger charge is 2.38. The zero-order valence-corrected chi connectivity index (χ0v) is 12.8. The van der Waals surface area contributed by atoms with Crippen LogP contribution in [0, 0.1) is 0 Å². The van der Waals surface area contributed by atoms with Crippen LogP contribution in [0.1, 0.15) is 42.5 Å². The summed E-state index contributed by atoms with van der Waals surface area (Å²) in [6.45, 7) is 0.654. The van der Waals surface area contributed by atoms with E-state index in [9.17, 15) is 9.59 Å². The normalized spacial score (nSPS) is 24.0. The monoisotopic (exact) mass is 320 g/mol. The van der Waals surface area contributed by atoms with Crippen LogP contribution in [-0.4, -0.2) is 46.8 Å². The smallest absolute Gasteiger partial charge is 0.305 e. The summed E-state index contributed by atoms with van der Waals surface area (Å²) in [5.74, 6) is -0.866. The summed E-state index contributed by atoms with van der Waals surface area (Å²) in [4.78, 5) is 27.6. The summed E-state index contributed by atoms with van der Waals surface area (Å²) in [6.07, 6.45) is 5.22. The number of hydrogen-bond donors (Lipinski definition) is 2. The third-order valence-electron chi connectivity index (χ3n) is 4.31. The van der Waals surface area contributed by atoms with Gasteiger partial charge in [-0.2, -0.15) is 0 Å². The van der Waals surface area contributed by atoms with E-state index in [1.807, 2.05) is 0 Å². The first-order valence-corrected chi connectivity index (χ1v) is 7.81. The highest BCUT2D eigenvalue weighted by molar-refractivity contribution is 5.95. The first-order valence-electron chi connectivity index (χ1n) is 7.81. The Morgan fingerprint density at radius 3 is 2.91 bits per heavy atom. The minimum absolute atomic E-state index is 0.157. The molecule has 3 rings (SSSR count). The van der Waals surface area contributed by atoms with Crippen molar-refractivity contribution in [2.45, 2.75) is 43.7 Å². The Balaban J connectivity index is 1.69. The molecule has 0 spiro atoms. The van der Waals surface area contributed by atoms with Gasteiger partial charge >= 0.3 is 5.97 Å². The van der Waals surface area contributed by atoms with Crippen molar-refractivity contribution >= 4 is 11.9 Å². The molecule has 1 aliphatic carbocycles. The van der Waals surface area contributed by atoms with E-state index in [4.69, 9.17) is 14.6 Å². The zero-order valence-electron chi connectivity index (χ0n) is 12.8. The van der Waals surface area contributed by atoms with Crippen LogP contribution in [0.4, 0.5) is 0 Å². The topological polar surface area (TPSA) is 97.8 Å². The maximum absolute atomic E-state index is 12.5. The summed E-state index contributed by atoms with van der Waals surface area (Å²) < 4.78 is 11.0. The van der Waals surface area contributed by atoms with Crippen molar-refractivity contribution in [2.75, 3.05) is 13.2 Å². The lowest BCUT2D eigenvalue weighted by Crippen LogP contribution is -2.50. The van der Waals surface area contributed by atoms with E-state index >= 15 is 0 Å². The molecule has 1 amide bonds. The molecule has 0 radical (unpaired) electrons. The molecule has 23 heavy (non-hydrogen) atoms. The maximum atomic E-state index is 12.5. The van der Waals surface area contributed by atoms with Crippen LogP contribution in [0.3, 0.4) is 0 Å². The molecular formula is C16H20N2O5. The van der Waals surface area contributed by atoms with Crippen LogP contribution in [0.2, 0.25) is 0 Å². The second-order valence-corrected chi connectivity index (χ2v) is 6.16. The lowest BCUT2D eigenvalue weighted by atomic mass is 9.94. The minimum Gasteiger partial charge on any atom is -0.481 e. The van der Waals surface area contributed by atoms with E-state index in [0.717, 1.165) is 19.3 Å². The molecule has 7 heteroatoms. The summed E-state index contributed by atoms with van der Waals surface area (Å²) in [6, 6.07) is 3.19. The summed E-state index contributed by atoms with van der Waals surface area (Å²) in [7, 11) is 0. The van der Waals surface area contributed by atoms with Crippen LogP contribution in [0.25, 0.3) is 0 Å². The average molecular weight is 320 g/mol. The molecular weight excluding hydrogens is 300 g/mol. The van der Waals surface area contributed by atoms with E-state index in [2.05, 4.69) is 10.3 Å². The fraction of sp³-hybridized carbons (Fsp3) is 0.562. The standard InChI is InChI=1S/C16H20N2O5/c19-14(20)9-16(5-7-22-10-16)18-15(21)11-4-6-17-13(8-11)23-12-2-1-3-12/h4,6,8,12H,1-3,5,7,9-10H2,(H,18,21)(H,19,20). The maximum Gasteiger partial charge on any atom is 0.305 e. The Labute approximate surface area is 134 Å². The van der Waals surface area contributed by atoms with E-state index in [0.29, 0.717) is 24.5 Å². The Morgan fingerprint density at radius 1 is 1.48 bits per heavy atom. The number of carboxylic acids is 1. The molecule has 7 nitrogen and oxygen atoms in total. The Bertz CT molecular complexity index is 594. The number of aromatic nitrogens is 1. The summed E-state index contributed by atoms with van der Waals surface area (Å²) in [5.41, 5.74) is -0.438. The Kier molecular flexibility index (Phi) is 4.47. The average Bonchev–Trinajstić information content (AvgIpc) is 2.90. The van der Waals surface area contributed by atoms with E-state index in [1.54, 1.807) is 12.1 Å². The van der Waals surface area contributed by atoms with Gasteiger partial charge in [-0.05, 0) is 31.7 Å². The second kappa shape index (κ2) is 6.54. The highest BCUT2D eigenvalue weighted by atomic mass is 16.5. The van der Waals surface area contributed by atoms with Gasteiger partial charge in [0.25, 0.3) is 5.91 Å². The van der Waals surface area contributed by atoms with Gasteiger partial charge in [-0.1, -0.05) is 0 Å². The predicted octanol–water partition coefficient (Wildman–Crippen LogP) is 1.38. The van der Waals surface area contributed by atoms with E-state index in [1.165, 1.54) is 6.20 Å². The molecule has 2 heterocycles. The molecule has 0 aromatic carbocycles. The van der Waals surface area contributed by atoms with Crippen LogP contribution in [0.15, 0.2) is 18.3 Å². The number of carbonyl (C=O) groups is 2. The number of aliphatic carboxylic acids is 1. The highest BCUT2D eigenvalue weighted by Crippen LogP contribution is 2.25. The lowest BCUT2D eigenvalue weighted by molar-refractivity contribution is -0.138. The molecule has 124 valence electrons. The van der Waals surface area contributed by atoms with Crippen molar-refractivity contribution in [2.24, 2.45) is 0 Å². The first kappa shape index (κ1) is 15.7. The molecule has 1 aromatic heterocycles. The van der Waals surface area contributed by atoms with Crippen molar-refractivity contribution in [1.82, 2.24) is 10.3 Å². The third-order valence-corrected chi connectivity index (χ3v) is 4.31. The summed E-state index contributed by atoms with van der Waals surface area (Å²) >= 11 is 0. The molecule has 0 bridgehead atoms. The van der Waals surface area contributed by atoms with Crippen LogP contribution in [-0.2, 0) is 9.53 Å². The quantitative estimate of drug-likeness (QED) is 0.821. The predicted molar refractivity (Wildman–Crippen MR) is 80.4 cm³/mol. The van der Waals surface area contributed by atoms with Crippen molar-refractivity contribution in [3.63, 3.8) is 0 Å². The second-order valence-electron chi connectivity index (χ2n) is 6.16. The number of ether oxygens (including phenoxy) is 2. The van der Waals surface area contributed by atoms with Crippen molar-refractivity contribution in [3.8, 4) is 5.88 Å².